The Labute approximate surface area is 127 Å². The first-order chi connectivity index (χ1) is 10.1. The van der Waals surface area contributed by atoms with E-state index in [0.717, 1.165) is 29.8 Å². The third kappa shape index (κ3) is 3.57. The maximum Gasteiger partial charge on any atom is 0.123 e. The van der Waals surface area contributed by atoms with E-state index in [-0.39, 0.29) is 5.82 Å². The van der Waals surface area contributed by atoms with Crippen LogP contribution in [0.5, 0.6) is 5.75 Å². The lowest BCUT2D eigenvalue weighted by atomic mass is 9.89. The normalized spacial score (nSPS) is 27.5. The molecule has 1 aromatic rings. The molecular weight excluding hydrogens is 265 g/mol. The lowest BCUT2D eigenvalue weighted by Crippen LogP contribution is -2.23. The Bertz CT molecular complexity index is 488. The standard InChI is InChI=1S/C18H26FNO/c1-12(2)20-10-15-9-17(19)5-6-18(15)21-11-16-8-13-3-4-14(16)7-13/h5-6,9,12-14,16,20H,3-4,7-8,10-11H2,1-2H3. The Morgan fingerprint density at radius 1 is 1.29 bits per heavy atom. The molecule has 2 aliphatic rings. The number of hydrogen-bond donors (Lipinski definition) is 1. The monoisotopic (exact) mass is 291 g/mol. The molecule has 3 rings (SSSR count). The van der Waals surface area contributed by atoms with Crippen molar-refractivity contribution in [2.75, 3.05) is 6.61 Å². The van der Waals surface area contributed by atoms with Crippen LogP contribution in [0.4, 0.5) is 4.39 Å². The molecule has 1 N–H and O–H groups in total. The van der Waals surface area contributed by atoms with Gasteiger partial charge in [-0.15, -0.1) is 0 Å². The maximum atomic E-state index is 13.5. The zero-order valence-corrected chi connectivity index (χ0v) is 13.1. The van der Waals surface area contributed by atoms with Gasteiger partial charge in [-0.25, -0.2) is 4.39 Å². The molecule has 2 nitrogen and oxygen atoms in total. The first-order valence-electron chi connectivity index (χ1n) is 8.26. The number of benzene rings is 1. The zero-order valence-electron chi connectivity index (χ0n) is 13.1. The van der Waals surface area contributed by atoms with Crippen LogP contribution in [0, 0.1) is 23.6 Å². The summed E-state index contributed by atoms with van der Waals surface area (Å²) in [6.07, 6.45) is 5.52. The minimum atomic E-state index is -0.192. The van der Waals surface area contributed by atoms with Crippen LogP contribution in [-0.4, -0.2) is 12.6 Å². The van der Waals surface area contributed by atoms with Gasteiger partial charge in [-0.1, -0.05) is 20.3 Å². The van der Waals surface area contributed by atoms with Crippen LogP contribution in [0.2, 0.25) is 0 Å². The predicted octanol–water partition coefficient (Wildman–Crippen LogP) is 4.14. The molecule has 3 heteroatoms. The molecule has 2 bridgehead atoms. The van der Waals surface area contributed by atoms with Crippen molar-refractivity contribution < 1.29 is 9.13 Å². The van der Waals surface area contributed by atoms with Gasteiger partial charge in [0.25, 0.3) is 0 Å². The minimum Gasteiger partial charge on any atom is -0.493 e. The van der Waals surface area contributed by atoms with Gasteiger partial charge in [0.15, 0.2) is 0 Å². The first kappa shape index (κ1) is 14.8. The van der Waals surface area contributed by atoms with Crippen LogP contribution in [0.25, 0.3) is 0 Å². The lowest BCUT2D eigenvalue weighted by Gasteiger charge is -2.22. The van der Waals surface area contributed by atoms with E-state index in [1.165, 1.54) is 31.7 Å². The highest BCUT2D eigenvalue weighted by Gasteiger charge is 2.39. The summed E-state index contributed by atoms with van der Waals surface area (Å²) in [6.45, 7) is 5.63. The molecule has 21 heavy (non-hydrogen) atoms. The summed E-state index contributed by atoms with van der Waals surface area (Å²) < 4.78 is 19.5. The molecule has 1 aromatic carbocycles. The molecule has 0 saturated heterocycles. The van der Waals surface area contributed by atoms with E-state index in [2.05, 4.69) is 19.2 Å². The minimum absolute atomic E-state index is 0.192. The SMILES string of the molecule is CC(C)NCc1cc(F)ccc1OCC1CC2CCC1C2. The smallest absolute Gasteiger partial charge is 0.123 e. The molecular formula is C18H26FNO. The first-order valence-corrected chi connectivity index (χ1v) is 8.26. The summed E-state index contributed by atoms with van der Waals surface area (Å²) in [5.74, 6) is 3.17. The second-order valence-corrected chi connectivity index (χ2v) is 7.03. The highest BCUT2D eigenvalue weighted by molar-refractivity contribution is 5.34. The summed E-state index contributed by atoms with van der Waals surface area (Å²) in [5, 5.41) is 3.34. The average Bonchev–Trinajstić information content (AvgIpc) is 3.06. The van der Waals surface area contributed by atoms with Crippen molar-refractivity contribution in [3.8, 4) is 5.75 Å². The quantitative estimate of drug-likeness (QED) is 0.850. The molecule has 0 aliphatic heterocycles. The summed E-state index contributed by atoms with van der Waals surface area (Å²) >= 11 is 0. The van der Waals surface area contributed by atoms with Gasteiger partial charge in [0, 0.05) is 18.2 Å². The number of hydrogen-bond acceptors (Lipinski definition) is 2. The van der Waals surface area contributed by atoms with Crippen LogP contribution in [0.3, 0.4) is 0 Å². The van der Waals surface area contributed by atoms with Crippen LogP contribution in [-0.2, 0) is 6.54 Å². The van der Waals surface area contributed by atoms with Crippen molar-refractivity contribution >= 4 is 0 Å². The van der Waals surface area contributed by atoms with Crippen molar-refractivity contribution in [1.29, 1.82) is 0 Å². The zero-order chi connectivity index (χ0) is 14.8. The fraction of sp³-hybridized carbons (Fsp3) is 0.667. The largest absolute Gasteiger partial charge is 0.493 e. The van der Waals surface area contributed by atoms with Gasteiger partial charge in [0.2, 0.25) is 0 Å². The van der Waals surface area contributed by atoms with E-state index < -0.39 is 0 Å². The van der Waals surface area contributed by atoms with E-state index >= 15 is 0 Å². The van der Waals surface area contributed by atoms with E-state index in [1.54, 1.807) is 12.1 Å². The van der Waals surface area contributed by atoms with Gasteiger partial charge in [-0.3, -0.25) is 0 Å². The molecule has 2 aliphatic carbocycles. The predicted molar refractivity (Wildman–Crippen MR) is 82.8 cm³/mol. The van der Waals surface area contributed by atoms with Gasteiger partial charge in [0.05, 0.1) is 6.61 Å². The Balaban J connectivity index is 1.61. The van der Waals surface area contributed by atoms with Crippen molar-refractivity contribution in [2.45, 2.75) is 52.1 Å². The van der Waals surface area contributed by atoms with Crippen molar-refractivity contribution in [2.24, 2.45) is 17.8 Å². The summed E-state index contributed by atoms with van der Waals surface area (Å²) in [6, 6.07) is 5.24. The number of halogens is 1. The van der Waals surface area contributed by atoms with Gasteiger partial charge in [-0.05, 0) is 55.2 Å². The summed E-state index contributed by atoms with van der Waals surface area (Å²) in [5.41, 5.74) is 0.923. The van der Waals surface area contributed by atoms with E-state index in [9.17, 15) is 4.39 Å². The van der Waals surface area contributed by atoms with Crippen LogP contribution < -0.4 is 10.1 Å². The molecule has 3 unspecified atom stereocenters. The lowest BCUT2D eigenvalue weighted by molar-refractivity contribution is 0.193. The molecule has 0 aromatic heterocycles. The number of rotatable bonds is 6. The molecule has 116 valence electrons. The van der Waals surface area contributed by atoms with Crippen molar-refractivity contribution in [3.05, 3.63) is 29.6 Å². The molecule has 3 atom stereocenters. The van der Waals surface area contributed by atoms with Gasteiger partial charge >= 0.3 is 0 Å². The summed E-state index contributed by atoms with van der Waals surface area (Å²) in [4.78, 5) is 0. The topological polar surface area (TPSA) is 21.3 Å². The highest BCUT2D eigenvalue weighted by atomic mass is 19.1. The molecule has 0 spiro atoms. The second kappa shape index (κ2) is 6.35. The average molecular weight is 291 g/mol. The molecule has 0 heterocycles. The number of fused-ring (bicyclic) bond motifs is 2. The van der Waals surface area contributed by atoms with E-state index in [0.29, 0.717) is 18.5 Å². The molecule has 2 saturated carbocycles. The Hall–Kier alpha value is -1.09. The van der Waals surface area contributed by atoms with Crippen LogP contribution in [0.1, 0.15) is 45.1 Å². The Morgan fingerprint density at radius 2 is 2.14 bits per heavy atom. The Kier molecular flexibility index (Phi) is 4.48. The van der Waals surface area contributed by atoms with Crippen molar-refractivity contribution in [3.63, 3.8) is 0 Å². The van der Waals surface area contributed by atoms with Crippen molar-refractivity contribution in [1.82, 2.24) is 5.32 Å². The number of ether oxygens (including phenoxy) is 1. The summed E-state index contributed by atoms with van der Waals surface area (Å²) in [7, 11) is 0. The fourth-order valence-electron chi connectivity index (χ4n) is 3.92. The van der Waals surface area contributed by atoms with Gasteiger partial charge in [-0.2, -0.15) is 0 Å². The third-order valence-corrected chi connectivity index (χ3v) is 5.06. The number of nitrogens with one attached hydrogen (secondary N) is 1. The van der Waals surface area contributed by atoms with Crippen LogP contribution in [0.15, 0.2) is 18.2 Å². The molecule has 0 amide bonds. The third-order valence-electron chi connectivity index (χ3n) is 5.06. The molecule has 0 radical (unpaired) electrons. The highest BCUT2D eigenvalue weighted by Crippen LogP contribution is 2.48. The van der Waals surface area contributed by atoms with Crippen LogP contribution >= 0.6 is 0 Å². The second-order valence-electron chi connectivity index (χ2n) is 7.03. The maximum absolute atomic E-state index is 13.5. The fourth-order valence-corrected chi connectivity index (χ4v) is 3.92. The molecule has 2 fully saturated rings. The van der Waals surface area contributed by atoms with E-state index in [4.69, 9.17) is 4.74 Å². The van der Waals surface area contributed by atoms with Gasteiger partial charge < -0.3 is 10.1 Å². The van der Waals surface area contributed by atoms with Gasteiger partial charge in [0.1, 0.15) is 11.6 Å². The Morgan fingerprint density at radius 3 is 2.81 bits per heavy atom. The van der Waals surface area contributed by atoms with E-state index in [1.807, 2.05) is 0 Å².